The average molecular weight is 198 g/mol. The molecule has 0 bridgehead atoms. The van der Waals surface area contributed by atoms with E-state index in [2.05, 4.69) is 14.9 Å². The highest BCUT2D eigenvalue weighted by Gasteiger charge is 2.23. The minimum absolute atomic E-state index is 0.210. The van der Waals surface area contributed by atoms with E-state index in [-0.39, 0.29) is 6.61 Å². The zero-order valence-corrected chi connectivity index (χ0v) is 7.89. The summed E-state index contributed by atoms with van der Waals surface area (Å²) in [7, 11) is 0. The Morgan fingerprint density at radius 1 is 1.57 bits per heavy atom. The molecule has 0 aromatic carbocycles. The van der Waals surface area contributed by atoms with Crippen LogP contribution in [0.3, 0.4) is 0 Å². The Bertz CT molecular complexity index is 301. The molecule has 2 rings (SSSR count). The lowest BCUT2D eigenvalue weighted by molar-refractivity contribution is 0.208. The van der Waals surface area contributed by atoms with E-state index in [4.69, 9.17) is 10.8 Å². The summed E-state index contributed by atoms with van der Waals surface area (Å²) in [6, 6.07) is 0. The minimum atomic E-state index is 0.210. The van der Waals surface area contributed by atoms with E-state index in [9.17, 15) is 0 Å². The maximum Gasteiger partial charge on any atom is 0.217 e. The Hall–Kier alpha value is -1.30. The number of nitrogen functional groups attached to an aromatic ring is 1. The minimum Gasteiger partial charge on any atom is -0.396 e. The van der Waals surface area contributed by atoms with Crippen LogP contribution in [0.25, 0.3) is 0 Å². The molecule has 1 saturated heterocycles. The number of aromatic nitrogens is 2. The molecule has 1 atom stereocenters. The van der Waals surface area contributed by atoms with Gasteiger partial charge in [-0.15, -0.1) is 0 Å². The molecule has 1 aliphatic heterocycles. The second-order valence-corrected chi connectivity index (χ2v) is 3.61. The Morgan fingerprint density at radius 3 is 3.07 bits per heavy atom. The highest BCUT2D eigenvalue weighted by molar-refractivity contribution is 5.56. The van der Waals surface area contributed by atoms with Crippen LogP contribution < -0.4 is 10.6 Å². The molecule has 1 aromatic heterocycles. The first kappa shape index (κ1) is 9.26. The van der Waals surface area contributed by atoms with Gasteiger partial charge in [0, 0.05) is 19.7 Å². The molecule has 0 radical (unpaired) electrons. The first-order valence-electron chi connectivity index (χ1n) is 4.75. The zero-order chi connectivity index (χ0) is 9.97. The Labute approximate surface area is 81.6 Å². The SMILES string of the molecule is Nc1nonc1N1CCCC(CO)C1. The number of hydrogen-bond donors (Lipinski definition) is 2. The van der Waals surface area contributed by atoms with Gasteiger partial charge < -0.3 is 15.7 Å². The van der Waals surface area contributed by atoms with Crippen molar-refractivity contribution in [3.8, 4) is 0 Å². The lowest BCUT2D eigenvalue weighted by atomic mass is 9.99. The number of hydrogen-bond acceptors (Lipinski definition) is 6. The van der Waals surface area contributed by atoms with Crippen molar-refractivity contribution < 1.29 is 9.74 Å². The van der Waals surface area contributed by atoms with E-state index in [1.807, 2.05) is 4.90 Å². The molecule has 0 amide bonds. The fourth-order valence-corrected chi connectivity index (χ4v) is 1.82. The maximum absolute atomic E-state index is 9.06. The van der Waals surface area contributed by atoms with E-state index < -0.39 is 0 Å². The molecule has 1 unspecified atom stereocenters. The van der Waals surface area contributed by atoms with Gasteiger partial charge >= 0.3 is 0 Å². The van der Waals surface area contributed by atoms with Crippen molar-refractivity contribution >= 4 is 11.6 Å². The second-order valence-electron chi connectivity index (χ2n) is 3.61. The average Bonchev–Trinajstić information content (AvgIpc) is 2.65. The lowest BCUT2D eigenvalue weighted by Gasteiger charge is -2.31. The Balaban J connectivity index is 2.08. The van der Waals surface area contributed by atoms with Gasteiger partial charge in [0.25, 0.3) is 0 Å². The third kappa shape index (κ3) is 1.65. The van der Waals surface area contributed by atoms with Crippen LogP contribution in [0.5, 0.6) is 0 Å². The monoisotopic (exact) mass is 198 g/mol. The van der Waals surface area contributed by atoms with Crippen molar-refractivity contribution in [2.75, 3.05) is 30.3 Å². The fraction of sp³-hybridized carbons (Fsp3) is 0.750. The van der Waals surface area contributed by atoms with Gasteiger partial charge in [-0.3, -0.25) is 0 Å². The first-order chi connectivity index (χ1) is 6.81. The number of anilines is 2. The molecule has 2 heterocycles. The number of aliphatic hydroxyl groups is 1. The van der Waals surface area contributed by atoms with Gasteiger partial charge in [-0.1, -0.05) is 0 Å². The normalized spacial score (nSPS) is 22.6. The van der Waals surface area contributed by atoms with Gasteiger partial charge in [0.05, 0.1) is 0 Å². The lowest BCUT2D eigenvalue weighted by Crippen LogP contribution is -2.37. The summed E-state index contributed by atoms with van der Waals surface area (Å²) in [5.41, 5.74) is 5.59. The summed E-state index contributed by atoms with van der Waals surface area (Å²) in [5, 5.41) is 16.3. The van der Waals surface area contributed by atoms with Crippen LogP contribution in [-0.2, 0) is 0 Å². The van der Waals surface area contributed by atoms with Crippen molar-refractivity contribution in [2.24, 2.45) is 5.92 Å². The third-order valence-electron chi connectivity index (χ3n) is 2.57. The predicted molar refractivity (Wildman–Crippen MR) is 50.7 cm³/mol. The van der Waals surface area contributed by atoms with Crippen LogP contribution in [-0.4, -0.2) is 35.1 Å². The molecule has 3 N–H and O–H groups in total. The van der Waals surface area contributed by atoms with E-state index >= 15 is 0 Å². The van der Waals surface area contributed by atoms with Crippen molar-refractivity contribution in [1.29, 1.82) is 0 Å². The number of nitrogens with zero attached hydrogens (tertiary/aromatic N) is 3. The third-order valence-corrected chi connectivity index (χ3v) is 2.57. The Morgan fingerprint density at radius 2 is 2.43 bits per heavy atom. The van der Waals surface area contributed by atoms with Gasteiger partial charge in [0.1, 0.15) is 0 Å². The van der Waals surface area contributed by atoms with Crippen LogP contribution in [0.1, 0.15) is 12.8 Å². The van der Waals surface area contributed by atoms with Crippen LogP contribution in [0.15, 0.2) is 4.63 Å². The summed E-state index contributed by atoms with van der Waals surface area (Å²) in [6.45, 7) is 1.88. The van der Waals surface area contributed by atoms with Gasteiger partial charge in [-0.05, 0) is 29.1 Å². The number of piperidine rings is 1. The fourth-order valence-electron chi connectivity index (χ4n) is 1.82. The molecule has 0 saturated carbocycles. The van der Waals surface area contributed by atoms with Gasteiger partial charge in [0.2, 0.25) is 11.6 Å². The van der Waals surface area contributed by atoms with E-state index in [0.717, 1.165) is 25.9 Å². The topological polar surface area (TPSA) is 88.4 Å². The molecular formula is C8H14N4O2. The molecule has 6 heteroatoms. The largest absolute Gasteiger partial charge is 0.396 e. The van der Waals surface area contributed by atoms with Crippen molar-refractivity contribution in [2.45, 2.75) is 12.8 Å². The summed E-state index contributed by atoms with van der Waals surface area (Å²) in [5.74, 6) is 1.23. The predicted octanol–water partition coefficient (Wildman–Crippen LogP) is -0.140. The molecule has 78 valence electrons. The van der Waals surface area contributed by atoms with Crippen LogP contribution >= 0.6 is 0 Å². The van der Waals surface area contributed by atoms with E-state index in [1.165, 1.54) is 0 Å². The van der Waals surface area contributed by atoms with Crippen LogP contribution in [0.4, 0.5) is 11.6 Å². The molecule has 14 heavy (non-hydrogen) atoms. The molecule has 0 aliphatic carbocycles. The summed E-state index contributed by atoms with van der Waals surface area (Å²) in [6.07, 6.45) is 2.09. The maximum atomic E-state index is 9.06. The smallest absolute Gasteiger partial charge is 0.217 e. The van der Waals surface area contributed by atoms with Crippen molar-refractivity contribution in [3.05, 3.63) is 0 Å². The molecule has 1 fully saturated rings. The molecule has 0 spiro atoms. The van der Waals surface area contributed by atoms with Crippen LogP contribution in [0, 0.1) is 5.92 Å². The highest BCUT2D eigenvalue weighted by Crippen LogP contribution is 2.24. The molecular weight excluding hydrogens is 184 g/mol. The second kappa shape index (κ2) is 3.83. The summed E-state index contributed by atoms with van der Waals surface area (Å²) < 4.78 is 4.54. The number of nitrogens with two attached hydrogens (primary N) is 1. The first-order valence-corrected chi connectivity index (χ1v) is 4.75. The molecule has 6 nitrogen and oxygen atoms in total. The molecule has 1 aromatic rings. The number of aliphatic hydroxyl groups excluding tert-OH is 1. The standard InChI is InChI=1S/C8H14N4O2/c9-7-8(11-14-10-7)12-3-1-2-6(4-12)5-13/h6,13H,1-5H2,(H2,9,10). The summed E-state index contributed by atoms with van der Waals surface area (Å²) >= 11 is 0. The van der Waals surface area contributed by atoms with Gasteiger partial charge in [-0.25, -0.2) is 4.63 Å². The summed E-state index contributed by atoms with van der Waals surface area (Å²) in [4.78, 5) is 2.01. The van der Waals surface area contributed by atoms with Gasteiger partial charge in [-0.2, -0.15) is 0 Å². The number of rotatable bonds is 2. The van der Waals surface area contributed by atoms with E-state index in [1.54, 1.807) is 0 Å². The zero-order valence-electron chi connectivity index (χ0n) is 7.89. The quantitative estimate of drug-likeness (QED) is 0.687. The van der Waals surface area contributed by atoms with E-state index in [0.29, 0.717) is 17.6 Å². The Kier molecular flexibility index (Phi) is 2.53. The van der Waals surface area contributed by atoms with Gasteiger partial charge in [0.15, 0.2) is 0 Å². The molecule has 1 aliphatic rings. The highest BCUT2D eigenvalue weighted by atomic mass is 16.6. The van der Waals surface area contributed by atoms with Crippen LogP contribution in [0.2, 0.25) is 0 Å². The van der Waals surface area contributed by atoms with Crippen molar-refractivity contribution in [1.82, 2.24) is 10.3 Å². The van der Waals surface area contributed by atoms with Crippen molar-refractivity contribution in [3.63, 3.8) is 0 Å².